The van der Waals surface area contributed by atoms with Crippen molar-refractivity contribution in [2.45, 2.75) is 6.04 Å². The Balaban J connectivity index is 2.13. The molecular weight excluding hydrogens is 282 g/mol. The second-order valence-electron chi connectivity index (χ2n) is 5.56. The number of likely N-dealkylation sites (N-methyl/N-ethyl adjacent to an activating group) is 1. The molecule has 1 unspecified atom stereocenters. The van der Waals surface area contributed by atoms with Crippen molar-refractivity contribution in [3.63, 3.8) is 0 Å². The Hall–Kier alpha value is -2.42. The molecule has 3 rings (SSSR count). The fourth-order valence-electron chi connectivity index (χ4n) is 2.89. The lowest BCUT2D eigenvalue weighted by Gasteiger charge is -2.19. The van der Waals surface area contributed by atoms with E-state index >= 15 is 0 Å². The molecule has 2 heteroatoms. The average molecular weight is 303 g/mol. The van der Waals surface area contributed by atoms with Crippen molar-refractivity contribution in [1.82, 2.24) is 5.32 Å². The van der Waals surface area contributed by atoms with Crippen LogP contribution in [0.25, 0.3) is 22.3 Å². The molecule has 23 heavy (non-hydrogen) atoms. The van der Waals surface area contributed by atoms with Gasteiger partial charge in [0.15, 0.2) is 0 Å². The van der Waals surface area contributed by atoms with E-state index in [-0.39, 0.29) is 12.6 Å². The van der Waals surface area contributed by atoms with Crippen LogP contribution in [0.4, 0.5) is 0 Å². The molecule has 0 saturated heterocycles. The third kappa shape index (κ3) is 3.34. The number of nitrogens with one attached hydrogen (secondary N) is 1. The van der Waals surface area contributed by atoms with E-state index in [2.05, 4.69) is 47.8 Å². The van der Waals surface area contributed by atoms with E-state index in [1.807, 2.05) is 43.4 Å². The predicted octanol–water partition coefficient (Wildman–Crippen LogP) is 4.27. The van der Waals surface area contributed by atoms with Gasteiger partial charge in [0.2, 0.25) is 0 Å². The van der Waals surface area contributed by atoms with Gasteiger partial charge in [0, 0.05) is 0 Å². The van der Waals surface area contributed by atoms with Crippen molar-refractivity contribution in [1.29, 1.82) is 0 Å². The zero-order valence-electron chi connectivity index (χ0n) is 13.2. The maximum atomic E-state index is 9.75. The molecular formula is C21H21NO. The summed E-state index contributed by atoms with van der Waals surface area (Å²) in [5.74, 6) is 0. The first-order valence-electron chi connectivity index (χ1n) is 7.86. The Kier molecular flexibility index (Phi) is 4.86. The van der Waals surface area contributed by atoms with Gasteiger partial charge in [-0.05, 0) is 40.9 Å². The lowest BCUT2D eigenvalue weighted by Crippen LogP contribution is -2.20. The first-order valence-corrected chi connectivity index (χ1v) is 7.86. The Bertz CT molecular complexity index is 749. The highest BCUT2D eigenvalue weighted by atomic mass is 16.3. The summed E-state index contributed by atoms with van der Waals surface area (Å²) in [5, 5.41) is 13.0. The smallest absolute Gasteiger partial charge is 0.0626 e. The molecule has 0 bridgehead atoms. The molecule has 0 aliphatic carbocycles. The second-order valence-corrected chi connectivity index (χ2v) is 5.56. The zero-order valence-corrected chi connectivity index (χ0v) is 13.2. The Labute approximate surface area is 137 Å². The van der Waals surface area contributed by atoms with E-state index < -0.39 is 0 Å². The first-order chi connectivity index (χ1) is 11.3. The van der Waals surface area contributed by atoms with Crippen LogP contribution < -0.4 is 5.32 Å². The lowest BCUT2D eigenvalue weighted by molar-refractivity contribution is 0.251. The van der Waals surface area contributed by atoms with Crippen molar-refractivity contribution in [3.05, 3.63) is 84.4 Å². The van der Waals surface area contributed by atoms with Gasteiger partial charge in [-0.2, -0.15) is 0 Å². The largest absolute Gasteiger partial charge is 0.394 e. The number of hydrogen-bond donors (Lipinski definition) is 2. The molecule has 1 atom stereocenters. The molecule has 0 radical (unpaired) electrons. The summed E-state index contributed by atoms with van der Waals surface area (Å²) in [7, 11) is 1.88. The molecule has 3 aromatic rings. The van der Waals surface area contributed by atoms with E-state index in [0.717, 1.165) is 22.3 Å². The first kappa shape index (κ1) is 15.5. The summed E-state index contributed by atoms with van der Waals surface area (Å²) in [5.41, 5.74) is 5.77. The van der Waals surface area contributed by atoms with Crippen molar-refractivity contribution in [2.24, 2.45) is 0 Å². The average Bonchev–Trinajstić information content (AvgIpc) is 2.64. The molecule has 2 N–H and O–H groups in total. The quantitative estimate of drug-likeness (QED) is 0.737. The van der Waals surface area contributed by atoms with Crippen LogP contribution in [-0.2, 0) is 0 Å². The number of hydrogen-bond acceptors (Lipinski definition) is 2. The van der Waals surface area contributed by atoms with Crippen molar-refractivity contribution < 1.29 is 5.11 Å². The molecule has 116 valence electrons. The summed E-state index contributed by atoms with van der Waals surface area (Å²) in [4.78, 5) is 0. The molecule has 0 spiro atoms. The van der Waals surface area contributed by atoms with Crippen molar-refractivity contribution in [2.75, 3.05) is 13.7 Å². The SMILES string of the molecule is CNC(CO)c1cc(-c2ccccc2)ccc1-c1ccccc1. The van der Waals surface area contributed by atoms with Crippen LogP contribution in [0.15, 0.2) is 78.9 Å². The summed E-state index contributed by atoms with van der Waals surface area (Å²) in [6.45, 7) is 0.0641. The van der Waals surface area contributed by atoms with Gasteiger partial charge >= 0.3 is 0 Å². The minimum Gasteiger partial charge on any atom is -0.394 e. The summed E-state index contributed by atoms with van der Waals surface area (Å²) in [6.07, 6.45) is 0. The molecule has 2 nitrogen and oxygen atoms in total. The van der Waals surface area contributed by atoms with Gasteiger partial charge in [0.1, 0.15) is 0 Å². The Morgan fingerprint density at radius 2 is 1.39 bits per heavy atom. The number of aliphatic hydroxyl groups is 1. The van der Waals surface area contributed by atoms with Crippen LogP contribution in [0.3, 0.4) is 0 Å². The van der Waals surface area contributed by atoms with Gasteiger partial charge in [-0.1, -0.05) is 72.8 Å². The van der Waals surface area contributed by atoms with E-state index in [1.165, 1.54) is 5.56 Å². The summed E-state index contributed by atoms with van der Waals surface area (Å²) < 4.78 is 0. The number of aliphatic hydroxyl groups excluding tert-OH is 1. The van der Waals surface area contributed by atoms with Crippen molar-refractivity contribution in [3.8, 4) is 22.3 Å². The van der Waals surface area contributed by atoms with Crippen LogP contribution >= 0.6 is 0 Å². The molecule has 0 aliphatic rings. The topological polar surface area (TPSA) is 32.3 Å². The van der Waals surface area contributed by atoms with Gasteiger partial charge in [-0.25, -0.2) is 0 Å². The standard InChI is InChI=1S/C21H21NO/c1-22-21(15-23)20-14-18(16-8-4-2-5-9-16)12-13-19(20)17-10-6-3-7-11-17/h2-14,21-23H,15H2,1H3. The third-order valence-corrected chi connectivity index (χ3v) is 4.15. The maximum Gasteiger partial charge on any atom is 0.0626 e. The highest BCUT2D eigenvalue weighted by molar-refractivity contribution is 5.74. The van der Waals surface area contributed by atoms with Gasteiger partial charge < -0.3 is 10.4 Å². The Morgan fingerprint density at radius 3 is 1.96 bits per heavy atom. The second kappa shape index (κ2) is 7.23. The van der Waals surface area contributed by atoms with Gasteiger partial charge in [-0.3, -0.25) is 0 Å². The van der Waals surface area contributed by atoms with Crippen LogP contribution in [-0.4, -0.2) is 18.8 Å². The predicted molar refractivity (Wildman–Crippen MR) is 96.2 cm³/mol. The molecule has 0 saturated carbocycles. The van der Waals surface area contributed by atoms with Gasteiger partial charge in [0.05, 0.1) is 12.6 Å². The van der Waals surface area contributed by atoms with E-state index in [4.69, 9.17) is 0 Å². The molecule has 3 aromatic carbocycles. The Morgan fingerprint density at radius 1 is 0.783 bits per heavy atom. The maximum absolute atomic E-state index is 9.75. The lowest BCUT2D eigenvalue weighted by atomic mass is 9.91. The van der Waals surface area contributed by atoms with Crippen LogP contribution in [0.2, 0.25) is 0 Å². The summed E-state index contributed by atoms with van der Waals surface area (Å²) in [6, 6.07) is 27.0. The normalized spacial score (nSPS) is 12.1. The number of rotatable bonds is 5. The molecule has 0 fully saturated rings. The van der Waals surface area contributed by atoms with E-state index in [9.17, 15) is 5.11 Å². The molecule has 0 aromatic heterocycles. The fourth-order valence-corrected chi connectivity index (χ4v) is 2.89. The fraction of sp³-hybridized carbons (Fsp3) is 0.143. The highest BCUT2D eigenvalue weighted by Gasteiger charge is 2.15. The monoisotopic (exact) mass is 303 g/mol. The highest BCUT2D eigenvalue weighted by Crippen LogP contribution is 2.32. The van der Waals surface area contributed by atoms with Gasteiger partial charge in [-0.15, -0.1) is 0 Å². The van der Waals surface area contributed by atoms with Crippen LogP contribution in [0.5, 0.6) is 0 Å². The summed E-state index contributed by atoms with van der Waals surface area (Å²) >= 11 is 0. The van der Waals surface area contributed by atoms with Crippen LogP contribution in [0, 0.1) is 0 Å². The zero-order chi connectivity index (χ0) is 16.1. The minimum absolute atomic E-state index is 0.0641. The minimum atomic E-state index is -0.0890. The van der Waals surface area contributed by atoms with Crippen molar-refractivity contribution >= 4 is 0 Å². The van der Waals surface area contributed by atoms with Crippen LogP contribution in [0.1, 0.15) is 11.6 Å². The van der Waals surface area contributed by atoms with Gasteiger partial charge in [0.25, 0.3) is 0 Å². The molecule has 0 heterocycles. The van der Waals surface area contributed by atoms with E-state index in [0.29, 0.717) is 0 Å². The third-order valence-electron chi connectivity index (χ3n) is 4.15. The van der Waals surface area contributed by atoms with E-state index in [1.54, 1.807) is 0 Å². The number of benzene rings is 3. The molecule has 0 amide bonds. The molecule has 0 aliphatic heterocycles.